The van der Waals surface area contributed by atoms with Gasteiger partial charge in [0.05, 0.1) is 17.6 Å². The lowest BCUT2D eigenvalue weighted by Crippen LogP contribution is -2.44. The van der Waals surface area contributed by atoms with Crippen LogP contribution in [0.4, 0.5) is 5.69 Å². The molecule has 0 unspecified atom stereocenters. The standard InChI is InChI=1S/C21H22N4O/c1-24-6-8-25(9-7-24)16-11-19-17(4-5-20(19)22-13-16)14-2-3-18-15(10-14)12-23-21(18)26/h2-4,10-11,13H,5-9,12H2,1H3,(H,23,26). The number of likely N-dealkylation sites (N-methyl/N-ethyl adjacent to an activating group) is 1. The van der Waals surface area contributed by atoms with Crippen molar-refractivity contribution >= 4 is 17.2 Å². The van der Waals surface area contributed by atoms with Gasteiger partial charge in [0, 0.05) is 50.3 Å². The number of rotatable bonds is 2. The first-order chi connectivity index (χ1) is 12.7. The fourth-order valence-electron chi connectivity index (χ4n) is 4.10. The first-order valence-electron chi connectivity index (χ1n) is 9.23. The van der Waals surface area contributed by atoms with Crippen molar-refractivity contribution in [2.24, 2.45) is 0 Å². The third-order valence-corrected chi connectivity index (χ3v) is 5.71. The first kappa shape index (κ1) is 15.6. The fraction of sp³-hybridized carbons (Fsp3) is 0.333. The summed E-state index contributed by atoms with van der Waals surface area (Å²) in [5, 5.41) is 2.90. The molecule has 1 aliphatic carbocycles. The van der Waals surface area contributed by atoms with E-state index in [1.54, 1.807) is 0 Å². The lowest BCUT2D eigenvalue weighted by atomic mass is 9.97. The molecule has 1 saturated heterocycles. The van der Waals surface area contributed by atoms with Crippen molar-refractivity contribution in [1.29, 1.82) is 0 Å². The van der Waals surface area contributed by atoms with Crippen LogP contribution in [0.2, 0.25) is 0 Å². The van der Waals surface area contributed by atoms with E-state index in [0.29, 0.717) is 6.54 Å². The van der Waals surface area contributed by atoms with Crippen LogP contribution < -0.4 is 10.2 Å². The van der Waals surface area contributed by atoms with Crippen molar-refractivity contribution in [3.05, 3.63) is 64.5 Å². The molecule has 0 radical (unpaired) electrons. The van der Waals surface area contributed by atoms with Gasteiger partial charge in [-0.25, -0.2) is 0 Å². The van der Waals surface area contributed by atoms with Gasteiger partial charge in [-0.15, -0.1) is 0 Å². The summed E-state index contributed by atoms with van der Waals surface area (Å²) in [5.41, 5.74) is 7.90. The number of nitrogens with one attached hydrogen (secondary N) is 1. The highest BCUT2D eigenvalue weighted by molar-refractivity contribution is 5.99. The summed E-state index contributed by atoms with van der Waals surface area (Å²) in [6, 6.07) is 8.45. The van der Waals surface area contributed by atoms with Gasteiger partial charge in [-0.3, -0.25) is 9.78 Å². The number of anilines is 1. The first-order valence-corrected chi connectivity index (χ1v) is 9.23. The van der Waals surface area contributed by atoms with E-state index < -0.39 is 0 Å². The molecule has 0 saturated carbocycles. The van der Waals surface area contributed by atoms with Gasteiger partial charge in [-0.2, -0.15) is 0 Å². The van der Waals surface area contributed by atoms with Gasteiger partial charge < -0.3 is 15.1 Å². The Balaban J connectivity index is 1.48. The molecule has 2 aliphatic heterocycles. The molecule has 5 rings (SSSR count). The van der Waals surface area contributed by atoms with Crippen molar-refractivity contribution < 1.29 is 4.79 Å². The number of fused-ring (bicyclic) bond motifs is 2. The number of piperazine rings is 1. The highest BCUT2D eigenvalue weighted by Crippen LogP contribution is 2.35. The van der Waals surface area contributed by atoms with Gasteiger partial charge in [0.2, 0.25) is 0 Å². The van der Waals surface area contributed by atoms with Crippen molar-refractivity contribution in [3.63, 3.8) is 0 Å². The summed E-state index contributed by atoms with van der Waals surface area (Å²) in [4.78, 5) is 21.3. The maximum atomic E-state index is 11.8. The minimum absolute atomic E-state index is 0.0337. The van der Waals surface area contributed by atoms with E-state index in [-0.39, 0.29) is 5.91 Å². The van der Waals surface area contributed by atoms with Gasteiger partial charge >= 0.3 is 0 Å². The third kappa shape index (κ3) is 2.51. The second-order valence-corrected chi connectivity index (χ2v) is 7.35. The zero-order valence-corrected chi connectivity index (χ0v) is 15.0. The minimum atomic E-state index is 0.0337. The van der Waals surface area contributed by atoms with Gasteiger partial charge in [-0.05, 0) is 41.9 Å². The zero-order chi connectivity index (χ0) is 17.7. The number of hydrogen-bond acceptors (Lipinski definition) is 4. The molecule has 132 valence electrons. The molecule has 1 fully saturated rings. The molecular formula is C21H22N4O. The van der Waals surface area contributed by atoms with Crippen LogP contribution in [0, 0.1) is 0 Å². The molecule has 0 spiro atoms. The summed E-state index contributed by atoms with van der Waals surface area (Å²) in [6.45, 7) is 4.89. The Hall–Kier alpha value is -2.66. The minimum Gasteiger partial charge on any atom is -0.368 e. The van der Waals surface area contributed by atoms with E-state index in [9.17, 15) is 4.79 Å². The lowest BCUT2D eigenvalue weighted by Gasteiger charge is -2.34. The summed E-state index contributed by atoms with van der Waals surface area (Å²) >= 11 is 0. The smallest absolute Gasteiger partial charge is 0.251 e. The van der Waals surface area contributed by atoms with E-state index in [2.05, 4.69) is 46.4 Å². The lowest BCUT2D eigenvalue weighted by molar-refractivity contribution is 0.0966. The van der Waals surface area contributed by atoms with E-state index in [4.69, 9.17) is 4.98 Å². The Morgan fingerprint density at radius 2 is 1.92 bits per heavy atom. The monoisotopic (exact) mass is 346 g/mol. The Labute approximate surface area is 153 Å². The van der Waals surface area contributed by atoms with Crippen molar-refractivity contribution in [1.82, 2.24) is 15.2 Å². The molecule has 1 N–H and O–H groups in total. The quantitative estimate of drug-likeness (QED) is 0.904. The van der Waals surface area contributed by atoms with Gasteiger partial charge in [0.15, 0.2) is 0 Å². The number of nitrogens with zero attached hydrogens (tertiary/aromatic N) is 3. The molecule has 3 heterocycles. The average molecular weight is 346 g/mol. The fourth-order valence-corrected chi connectivity index (χ4v) is 4.10. The topological polar surface area (TPSA) is 48.5 Å². The predicted octanol–water partition coefficient (Wildman–Crippen LogP) is 2.06. The Bertz CT molecular complexity index is 926. The van der Waals surface area contributed by atoms with Crippen molar-refractivity contribution in [3.8, 4) is 0 Å². The van der Waals surface area contributed by atoms with Crippen LogP contribution in [-0.4, -0.2) is 49.0 Å². The van der Waals surface area contributed by atoms with Gasteiger partial charge in [0.1, 0.15) is 0 Å². The highest BCUT2D eigenvalue weighted by Gasteiger charge is 2.23. The number of amides is 1. The van der Waals surface area contributed by atoms with Crippen LogP contribution in [0.5, 0.6) is 0 Å². The molecule has 26 heavy (non-hydrogen) atoms. The zero-order valence-electron chi connectivity index (χ0n) is 15.0. The summed E-state index contributed by atoms with van der Waals surface area (Å²) < 4.78 is 0. The molecule has 0 atom stereocenters. The second-order valence-electron chi connectivity index (χ2n) is 7.35. The summed E-state index contributed by atoms with van der Waals surface area (Å²) in [7, 11) is 2.17. The van der Waals surface area contributed by atoms with Gasteiger partial charge in [0.25, 0.3) is 5.91 Å². The number of pyridine rings is 1. The van der Waals surface area contributed by atoms with Crippen LogP contribution in [0.3, 0.4) is 0 Å². The number of hydrogen-bond donors (Lipinski definition) is 1. The molecule has 5 nitrogen and oxygen atoms in total. The summed E-state index contributed by atoms with van der Waals surface area (Å²) in [6.07, 6.45) is 5.16. The molecule has 1 aromatic heterocycles. The molecule has 3 aliphatic rings. The predicted molar refractivity (Wildman–Crippen MR) is 102 cm³/mol. The van der Waals surface area contributed by atoms with Crippen LogP contribution in [-0.2, 0) is 13.0 Å². The maximum absolute atomic E-state index is 11.8. The van der Waals surface area contributed by atoms with Gasteiger partial charge in [-0.1, -0.05) is 12.1 Å². The van der Waals surface area contributed by atoms with E-state index in [1.807, 2.05) is 12.3 Å². The van der Waals surface area contributed by atoms with Crippen molar-refractivity contribution in [2.45, 2.75) is 13.0 Å². The molecule has 0 bridgehead atoms. The number of carbonyl (C=O) groups excluding carboxylic acids is 1. The number of benzene rings is 1. The maximum Gasteiger partial charge on any atom is 0.251 e. The molecule has 1 aromatic carbocycles. The normalized spacial score (nSPS) is 19.2. The molecular weight excluding hydrogens is 324 g/mol. The Morgan fingerprint density at radius 3 is 2.77 bits per heavy atom. The van der Waals surface area contributed by atoms with Crippen LogP contribution >= 0.6 is 0 Å². The molecule has 1 amide bonds. The molecule has 5 heteroatoms. The third-order valence-electron chi connectivity index (χ3n) is 5.71. The number of aromatic nitrogens is 1. The van der Waals surface area contributed by atoms with E-state index in [0.717, 1.165) is 49.4 Å². The van der Waals surface area contributed by atoms with Crippen LogP contribution in [0.1, 0.15) is 32.7 Å². The average Bonchev–Trinajstić information content (AvgIpc) is 3.25. The van der Waals surface area contributed by atoms with Crippen molar-refractivity contribution in [2.75, 3.05) is 38.1 Å². The number of carbonyl (C=O) groups is 1. The van der Waals surface area contributed by atoms with Crippen LogP contribution in [0.25, 0.3) is 5.57 Å². The largest absolute Gasteiger partial charge is 0.368 e. The highest BCUT2D eigenvalue weighted by atomic mass is 16.1. The number of allylic oxidation sites excluding steroid dienone is 1. The summed E-state index contributed by atoms with van der Waals surface area (Å²) in [5.74, 6) is 0.0337. The molecule has 2 aromatic rings. The SMILES string of the molecule is CN1CCN(c2cnc3c(c2)C(c2ccc4c(c2)CNC4=O)=CC3)CC1. The van der Waals surface area contributed by atoms with E-state index >= 15 is 0 Å². The Kier molecular flexibility index (Phi) is 3.57. The Morgan fingerprint density at radius 1 is 1.08 bits per heavy atom. The second kappa shape index (κ2) is 5.95. The van der Waals surface area contributed by atoms with Crippen LogP contribution in [0.15, 0.2) is 36.5 Å². The van der Waals surface area contributed by atoms with E-state index in [1.165, 1.54) is 22.4 Å².